The third kappa shape index (κ3) is 7.34. The molecule has 0 spiro atoms. The summed E-state index contributed by atoms with van der Waals surface area (Å²) < 4.78 is 10.7. The molecule has 0 saturated carbocycles. The molecule has 0 heterocycles. The van der Waals surface area contributed by atoms with Crippen LogP contribution >= 0.6 is 0 Å². The van der Waals surface area contributed by atoms with E-state index in [9.17, 15) is 4.79 Å². The van der Waals surface area contributed by atoms with Crippen LogP contribution in [0.2, 0.25) is 0 Å². The van der Waals surface area contributed by atoms with Crippen molar-refractivity contribution in [1.82, 2.24) is 0 Å². The van der Waals surface area contributed by atoms with Crippen molar-refractivity contribution in [2.24, 2.45) is 11.1 Å². The number of para-hydroxylation sites is 1. The quantitative estimate of drug-likeness (QED) is 0.249. The van der Waals surface area contributed by atoms with E-state index in [-0.39, 0.29) is 12.1 Å². The molecule has 1 aromatic rings. The summed E-state index contributed by atoms with van der Waals surface area (Å²) in [6.45, 7) is 4.17. The van der Waals surface area contributed by atoms with Gasteiger partial charge in [-0.1, -0.05) is 18.2 Å². The van der Waals surface area contributed by atoms with E-state index in [1.165, 1.54) is 6.21 Å². The van der Waals surface area contributed by atoms with E-state index in [1.807, 2.05) is 30.3 Å². The Kier molecular flexibility index (Phi) is 7.94. The molecule has 1 unspecified atom stereocenters. The molecule has 0 amide bonds. The van der Waals surface area contributed by atoms with E-state index >= 15 is 0 Å². The van der Waals surface area contributed by atoms with Gasteiger partial charge >= 0.3 is 5.97 Å². The maximum atomic E-state index is 11.8. The van der Waals surface area contributed by atoms with Crippen molar-refractivity contribution in [1.29, 1.82) is 0 Å². The number of nitrogens with zero attached hydrogens (tertiary/aromatic N) is 1. The lowest BCUT2D eigenvalue weighted by Crippen LogP contribution is -2.22. The Morgan fingerprint density at radius 3 is 2.62 bits per heavy atom. The van der Waals surface area contributed by atoms with Gasteiger partial charge in [0, 0.05) is 0 Å². The lowest BCUT2D eigenvalue weighted by molar-refractivity contribution is -0.150. The van der Waals surface area contributed by atoms with Crippen LogP contribution in [0.15, 0.2) is 35.5 Å². The Bertz CT molecular complexity index is 431. The predicted octanol–water partition coefficient (Wildman–Crippen LogP) is 3.26. The summed E-state index contributed by atoms with van der Waals surface area (Å²) >= 11 is 0. The molecule has 0 radical (unpaired) electrons. The van der Waals surface area contributed by atoms with E-state index in [2.05, 4.69) is 5.16 Å². The van der Waals surface area contributed by atoms with Gasteiger partial charge in [0.1, 0.15) is 5.75 Å². The fraction of sp³-hybridized carbons (Fsp3) is 0.500. The van der Waals surface area contributed by atoms with Gasteiger partial charge in [0.2, 0.25) is 0 Å². The number of carbonyl (C=O) groups excluding carboxylic acids is 1. The molecular formula is C16H23NO4. The number of oxime groups is 1. The predicted molar refractivity (Wildman–Crippen MR) is 80.8 cm³/mol. The minimum Gasteiger partial charge on any atom is -0.494 e. The van der Waals surface area contributed by atoms with Crippen molar-refractivity contribution >= 4 is 12.2 Å². The van der Waals surface area contributed by atoms with Gasteiger partial charge in [-0.2, -0.15) is 0 Å². The first-order valence-electron chi connectivity index (χ1n) is 7.19. The maximum Gasteiger partial charge on any atom is 0.314 e. The van der Waals surface area contributed by atoms with E-state index < -0.39 is 5.92 Å². The third-order valence-corrected chi connectivity index (χ3v) is 2.82. The highest BCUT2D eigenvalue weighted by molar-refractivity contribution is 5.89. The molecule has 1 N–H and O–H groups in total. The number of esters is 1. The molecule has 21 heavy (non-hydrogen) atoms. The molecule has 0 aliphatic rings. The fourth-order valence-corrected chi connectivity index (χ4v) is 1.83. The molecule has 1 aromatic carbocycles. The molecule has 1 atom stereocenters. The van der Waals surface area contributed by atoms with Crippen LogP contribution in [0, 0.1) is 5.92 Å². The first kappa shape index (κ1) is 17.0. The molecule has 116 valence electrons. The lowest BCUT2D eigenvalue weighted by Gasteiger charge is -2.13. The van der Waals surface area contributed by atoms with Gasteiger partial charge in [0.15, 0.2) is 0 Å². The van der Waals surface area contributed by atoms with Crippen LogP contribution in [-0.2, 0) is 9.53 Å². The Morgan fingerprint density at radius 1 is 1.29 bits per heavy atom. The highest BCUT2D eigenvalue weighted by atomic mass is 16.5. The van der Waals surface area contributed by atoms with Crippen molar-refractivity contribution in [2.75, 3.05) is 6.61 Å². The van der Waals surface area contributed by atoms with Gasteiger partial charge < -0.3 is 14.7 Å². The first-order valence-corrected chi connectivity index (χ1v) is 7.19. The van der Waals surface area contributed by atoms with Crippen molar-refractivity contribution in [2.45, 2.75) is 39.2 Å². The molecule has 0 aliphatic carbocycles. The molecule has 0 bridgehead atoms. The smallest absolute Gasteiger partial charge is 0.314 e. The van der Waals surface area contributed by atoms with Crippen LogP contribution in [0.4, 0.5) is 0 Å². The third-order valence-electron chi connectivity index (χ3n) is 2.82. The van der Waals surface area contributed by atoms with Crippen molar-refractivity contribution in [3.8, 4) is 5.75 Å². The van der Waals surface area contributed by atoms with Gasteiger partial charge in [-0.3, -0.25) is 4.79 Å². The monoisotopic (exact) mass is 293 g/mol. The zero-order valence-corrected chi connectivity index (χ0v) is 12.6. The van der Waals surface area contributed by atoms with Crippen LogP contribution in [0.25, 0.3) is 0 Å². The zero-order valence-electron chi connectivity index (χ0n) is 12.6. The summed E-state index contributed by atoms with van der Waals surface area (Å²) in [7, 11) is 0. The molecule has 0 saturated heterocycles. The number of hydrogen-bond acceptors (Lipinski definition) is 5. The van der Waals surface area contributed by atoms with Crippen LogP contribution in [-0.4, -0.2) is 30.1 Å². The highest BCUT2D eigenvalue weighted by Crippen LogP contribution is 2.12. The van der Waals surface area contributed by atoms with E-state index in [4.69, 9.17) is 14.7 Å². The number of carbonyl (C=O) groups is 1. The number of ether oxygens (including phenoxy) is 2. The summed E-state index contributed by atoms with van der Waals surface area (Å²) in [5.74, 6) is -0.0221. The average Bonchev–Trinajstić information content (AvgIpc) is 2.46. The summed E-state index contributed by atoms with van der Waals surface area (Å²) in [6.07, 6.45) is 3.24. The van der Waals surface area contributed by atoms with Crippen LogP contribution < -0.4 is 4.74 Å². The number of benzene rings is 1. The highest BCUT2D eigenvalue weighted by Gasteiger charge is 2.19. The summed E-state index contributed by atoms with van der Waals surface area (Å²) in [5.41, 5.74) is 0. The van der Waals surface area contributed by atoms with Crippen molar-refractivity contribution in [3.63, 3.8) is 0 Å². The normalized spacial score (nSPS) is 12.5. The number of rotatable bonds is 9. The fourth-order valence-electron chi connectivity index (χ4n) is 1.83. The molecular weight excluding hydrogens is 270 g/mol. The standard InChI is InChI=1S/C16H23NO4/c1-13(2)21-16(18)14(12-17-19)8-6-7-11-20-15-9-4-3-5-10-15/h3-5,9-10,12-14,19H,6-8,11H2,1-2H3/b17-12-. The zero-order chi connectivity index (χ0) is 15.5. The Labute approximate surface area is 125 Å². The Balaban J connectivity index is 2.26. The minimum atomic E-state index is -0.505. The van der Waals surface area contributed by atoms with E-state index in [1.54, 1.807) is 13.8 Å². The van der Waals surface area contributed by atoms with Gasteiger partial charge in [-0.25, -0.2) is 0 Å². The summed E-state index contributed by atoms with van der Waals surface area (Å²) in [5, 5.41) is 11.6. The largest absolute Gasteiger partial charge is 0.494 e. The summed E-state index contributed by atoms with van der Waals surface area (Å²) in [4.78, 5) is 11.8. The molecule has 1 rings (SSSR count). The first-order chi connectivity index (χ1) is 10.1. The van der Waals surface area contributed by atoms with Crippen LogP contribution in [0.1, 0.15) is 33.1 Å². The van der Waals surface area contributed by atoms with Gasteiger partial charge in [-0.05, 0) is 45.2 Å². The maximum absolute atomic E-state index is 11.8. The second-order valence-electron chi connectivity index (χ2n) is 5.01. The summed E-state index contributed by atoms with van der Waals surface area (Å²) in [6, 6.07) is 9.59. The Morgan fingerprint density at radius 2 is 2.00 bits per heavy atom. The molecule has 0 aromatic heterocycles. The second kappa shape index (κ2) is 9.80. The molecule has 5 nitrogen and oxygen atoms in total. The number of hydrogen-bond donors (Lipinski definition) is 1. The van der Waals surface area contributed by atoms with Crippen LogP contribution in [0.5, 0.6) is 5.75 Å². The average molecular weight is 293 g/mol. The molecule has 5 heteroatoms. The van der Waals surface area contributed by atoms with Crippen molar-refractivity contribution in [3.05, 3.63) is 30.3 Å². The van der Waals surface area contributed by atoms with Crippen molar-refractivity contribution < 1.29 is 19.5 Å². The SMILES string of the molecule is CC(C)OC(=O)C(/C=N\O)CCCCOc1ccccc1. The minimum absolute atomic E-state index is 0.173. The van der Waals surface area contributed by atoms with E-state index in [0.717, 1.165) is 18.6 Å². The van der Waals surface area contributed by atoms with Gasteiger partial charge in [-0.15, -0.1) is 5.16 Å². The van der Waals surface area contributed by atoms with Gasteiger partial charge in [0.25, 0.3) is 0 Å². The van der Waals surface area contributed by atoms with E-state index in [0.29, 0.717) is 13.0 Å². The molecule has 0 fully saturated rings. The number of unbranched alkanes of at least 4 members (excludes halogenated alkanes) is 1. The lowest BCUT2D eigenvalue weighted by atomic mass is 10.0. The Hall–Kier alpha value is -2.04. The van der Waals surface area contributed by atoms with Gasteiger partial charge in [0.05, 0.1) is 24.8 Å². The second-order valence-corrected chi connectivity index (χ2v) is 5.01. The van der Waals surface area contributed by atoms with Crippen LogP contribution in [0.3, 0.4) is 0 Å². The topological polar surface area (TPSA) is 68.1 Å². The molecule has 0 aliphatic heterocycles.